The molecule has 0 saturated carbocycles. The maximum Gasteiger partial charge on any atom is 0.258 e. The van der Waals surface area contributed by atoms with Crippen molar-refractivity contribution in [1.29, 1.82) is 0 Å². The van der Waals surface area contributed by atoms with Crippen LogP contribution in [0.15, 0.2) is 48.5 Å². The second-order valence-electron chi connectivity index (χ2n) is 7.12. The number of carbonyl (C=O) groups is 2. The number of para-hydroxylation sites is 1. The Morgan fingerprint density at radius 3 is 2.32 bits per heavy atom. The predicted octanol–water partition coefficient (Wildman–Crippen LogP) is 4.65. The Bertz CT molecular complexity index is 775. The van der Waals surface area contributed by atoms with Gasteiger partial charge in [0.05, 0.1) is 0 Å². The minimum absolute atomic E-state index is 0.0799. The lowest BCUT2D eigenvalue weighted by molar-refractivity contribution is -0.123. The van der Waals surface area contributed by atoms with Crippen molar-refractivity contribution in [3.8, 4) is 0 Å². The van der Waals surface area contributed by atoms with Crippen molar-refractivity contribution in [2.24, 2.45) is 5.41 Å². The normalized spacial score (nSPS) is 11.1. The molecule has 0 spiro atoms. The number of nitrogens with one attached hydrogen (secondary N) is 1. The van der Waals surface area contributed by atoms with E-state index in [1.54, 1.807) is 29.2 Å². The van der Waals surface area contributed by atoms with Crippen LogP contribution in [0.2, 0.25) is 0 Å². The number of aryl methyl sites for hydroxylation is 1. The molecule has 4 heteroatoms. The van der Waals surface area contributed by atoms with Gasteiger partial charge in [-0.25, -0.2) is 0 Å². The monoisotopic (exact) mass is 338 g/mol. The molecular weight excluding hydrogens is 312 g/mol. The van der Waals surface area contributed by atoms with Gasteiger partial charge < -0.3 is 10.2 Å². The van der Waals surface area contributed by atoms with Gasteiger partial charge in [-0.3, -0.25) is 9.59 Å². The minimum atomic E-state index is -0.489. The summed E-state index contributed by atoms with van der Waals surface area (Å²) in [6, 6.07) is 14.9. The number of amides is 2. The number of benzene rings is 2. The summed E-state index contributed by atoms with van der Waals surface area (Å²) in [5.74, 6) is -0.160. The number of nitrogens with zero attached hydrogens (tertiary/aromatic N) is 1. The summed E-state index contributed by atoms with van der Waals surface area (Å²) in [5, 5.41) is 2.88. The van der Waals surface area contributed by atoms with Crippen molar-refractivity contribution in [1.82, 2.24) is 0 Å². The van der Waals surface area contributed by atoms with E-state index in [2.05, 4.69) is 5.32 Å². The zero-order valence-corrected chi connectivity index (χ0v) is 15.6. The molecule has 2 rings (SSSR count). The maximum absolute atomic E-state index is 13.0. The van der Waals surface area contributed by atoms with Crippen molar-refractivity contribution in [2.75, 3.05) is 16.8 Å². The van der Waals surface area contributed by atoms with Gasteiger partial charge in [0.2, 0.25) is 5.91 Å². The van der Waals surface area contributed by atoms with Gasteiger partial charge in [-0.15, -0.1) is 0 Å². The van der Waals surface area contributed by atoms with Crippen LogP contribution in [-0.4, -0.2) is 18.4 Å². The van der Waals surface area contributed by atoms with E-state index in [0.717, 1.165) is 11.3 Å². The summed E-state index contributed by atoms with van der Waals surface area (Å²) in [6.45, 7) is 10.1. The van der Waals surface area contributed by atoms with Crippen molar-refractivity contribution in [3.05, 3.63) is 59.7 Å². The molecular formula is C21H26N2O2. The molecule has 2 aromatic rings. The van der Waals surface area contributed by atoms with E-state index in [9.17, 15) is 9.59 Å². The van der Waals surface area contributed by atoms with Crippen LogP contribution in [0.1, 0.15) is 43.6 Å². The van der Waals surface area contributed by atoms with E-state index < -0.39 is 5.41 Å². The molecule has 0 aliphatic carbocycles. The Labute approximate surface area is 149 Å². The lowest BCUT2D eigenvalue weighted by Crippen LogP contribution is -2.31. The average molecular weight is 338 g/mol. The summed E-state index contributed by atoms with van der Waals surface area (Å²) in [5.41, 5.74) is 2.65. The first-order chi connectivity index (χ1) is 11.7. The SMILES string of the molecule is CCN(C(=O)c1cccc(NC(=O)C(C)(C)C)c1)c1ccccc1C. The van der Waals surface area contributed by atoms with Gasteiger partial charge in [0.25, 0.3) is 5.91 Å². The molecule has 25 heavy (non-hydrogen) atoms. The Balaban J connectivity index is 2.29. The van der Waals surface area contributed by atoms with Gasteiger partial charge in [-0.2, -0.15) is 0 Å². The molecule has 0 bridgehead atoms. The van der Waals surface area contributed by atoms with Gasteiger partial charge in [0, 0.05) is 28.9 Å². The number of rotatable bonds is 4. The van der Waals surface area contributed by atoms with Gasteiger partial charge in [-0.1, -0.05) is 45.0 Å². The van der Waals surface area contributed by atoms with E-state index >= 15 is 0 Å². The Morgan fingerprint density at radius 1 is 1.04 bits per heavy atom. The second-order valence-corrected chi connectivity index (χ2v) is 7.12. The van der Waals surface area contributed by atoms with Crippen molar-refractivity contribution >= 4 is 23.2 Å². The van der Waals surface area contributed by atoms with E-state index in [1.165, 1.54) is 0 Å². The Kier molecular flexibility index (Phi) is 5.62. The van der Waals surface area contributed by atoms with Gasteiger partial charge in [0.15, 0.2) is 0 Å². The summed E-state index contributed by atoms with van der Waals surface area (Å²) in [4.78, 5) is 26.9. The summed E-state index contributed by atoms with van der Waals surface area (Å²) < 4.78 is 0. The van der Waals surface area contributed by atoms with Crippen LogP contribution in [0.3, 0.4) is 0 Å². The third-order valence-electron chi connectivity index (χ3n) is 4.02. The number of hydrogen-bond donors (Lipinski definition) is 1. The Hall–Kier alpha value is -2.62. The molecule has 0 aromatic heterocycles. The van der Waals surface area contributed by atoms with E-state index in [0.29, 0.717) is 17.8 Å². The predicted molar refractivity (Wildman–Crippen MR) is 103 cm³/mol. The zero-order chi connectivity index (χ0) is 18.6. The minimum Gasteiger partial charge on any atom is -0.326 e. The summed E-state index contributed by atoms with van der Waals surface area (Å²) in [6.07, 6.45) is 0. The molecule has 0 radical (unpaired) electrons. The molecule has 0 fully saturated rings. The van der Waals surface area contributed by atoms with Crippen molar-refractivity contribution < 1.29 is 9.59 Å². The second kappa shape index (κ2) is 7.51. The first kappa shape index (κ1) is 18.7. The molecule has 0 unspecified atom stereocenters. The molecule has 0 heterocycles. The summed E-state index contributed by atoms with van der Waals surface area (Å²) >= 11 is 0. The third-order valence-corrected chi connectivity index (χ3v) is 4.02. The number of carbonyl (C=O) groups excluding carboxylic acids is 2. The maximum atomic E-state index is 13.0. The zero-order valence-electron chi connectivity index (χ0n) is 15.6. The fourth-order valence-corrected chi connectivity index (χ4v) is 2.49. The first-order valence-electron chi connectivity index (χ1n) is 8.53. The Morgan fingerprint density at radius 2 is 1.72 bits per heavy atom. The fourth-order valence-electron chi connectivity index (χ4n) is 2.49. The highest BCUT2D eigenvalue weighted by molar-refractivity contribution is 6.07. The number of hydrogen-bond acceptors (Lipinski definition) is 2. The molecule has 132 valence electrons. The lowest BCUT2D eigenvalue weighted by atomic mass is 9.95. The van der Waals surface area contributed by atoms with Crippen LogP contribution in [0.4, 0.5) is 11.4 Å². The lowest BCUT2D eigenvalue weighted by Gasteiger charge is -2.23. The van der Waals surface area contributed by atoms with Crippen LogP contribution >= 0.6 is 0 Å². The molecule has 2 aromatic carbocycles. The van der Waals surface area contributed by atoms with E-state index in [4.69, 9.17) is 0 Å². The highest BCUT2D eigenvalue weighted by Gasteiger charge is 2.22. The standard InChI is InChI=1S/C21H26N2O2/c1-6-23(18-13-8-7-10-15(18)2)19(24)16-11-9-12-17(14-16)22-20(25)21(3,4)5/h7-14H,6H2,1-5H3,(H,22,25). The topological polar surface area (TPSA) is 49.4 Å². The van der Waals surface area contributed by atoms with Crippen LogP contribution in [-0.2, 0) is 4.79 Å². The summed E-state index contributed by atoms with van der Waals surface area (Å²) in [7, 11) is 0. The van der Waals surface area contributed by atoms with Gasteiger partial charge in [-0.05, 0) is 43.7 Å². The highest BCUT2D eigenvalue weighted by atomic mass is 16.2. The van der Waals surface area contributed by atoms with E-state index in [-0.39, 0.29) is 11.8 Å². The largest absolute Gasteiger partial charge is 0.326 e. The quantitative estimate of drug-likeness (QED) is 0.882. The van der Waals surface area contributed by atoms with Crippen molar-refractivity contribution in [3.63, 3.8) is 0 Å². The molecule has 0 aliphatic heterocycles. The van der Waals surface area contributed by atoms with Crippen LogP contribution < -0.4 is 10.2 Å². The molecule has 0 saturated heterocycles. The highest BCUT2D eigenvalue weighted by Crippen LogP contribution is 2.23. The molecule has 2 amide bonds. The van der Waals surface area contributed by atoms with Crippen molar-refractivity contribution in [2.45, 2.75) is 34.6 Å². The van der Waals surface area contributed by atoms with Crippen LogP contribution in [0.5, 0.6) is 0 Å². The van der Waals surface area contributed by atoms with Crippen LogP contribution in [0.25, 0.3) is 0 Å². The smallest absolute Gasteiger partial charge is 0.258 e. The first-order valence-corrected chi connectivity index (χ1v) is 8.53. The molecule has 0 aliphatic rings. The van der Waals surface area contributed by atoms with Gasteiger partial charge >= 0.3 is 0 Å². The van der Waals surface area contributed by atoms with Gasteiger partial charge in [0.1, 0.15) is 0 Å². The van der Waals surface area contributed by atoms with Crippen LogP contribution in [0, 0.1) is 12.3 Å². The number of anilines is 2. The molecule has 4 nitrogen and oxygen atoms in total. The van der Waals surface area contributed by atoms with E-state index in [1.807, 2.05) is 58.9 Å². The molecule has 0 atom stereocenters. The third kappa shape index (κ3) is 4.47. The fraction of sp³-hybridized carbons (Fsp3) is 0.333. The molecule has 1 N–H and O–H groups in total. The average Bonchev–Trinajstić information content (AvgIpc) is 2.56.